The summed E-state index contributed by atoms with van der Waals surface area (Å²) < 4.78 is 20.3. The van der Waals surface area contributed by atoms with Crippen LogP contribution in [0.15, 0.2) is 47.3 Å². The number of carbonyl (C=O) groups excluding carboxylic acids is 1. The van der Waals surface area contributed by atoms with Crippen molar-refractivity contribution in [2.45, 2.75) is 39.3 Å². The minimum Gasteiger partial charge on any atom is -0.444 e. The molecule has 3 rings (SSSR count). The summed E-state index contributed by atoms with van der Waals surface area (Å²) in [7, 11) is 0. The molecule has 3 aromatic rings. The molecule has 0 spiro atoms. The van der Waals surface area contributed by atoms with Gasteiger partial charge in [-0.3, -0.25) is 9.36 Å². The standard InChI is InChI=1S/C21H21ClFN3O3/c1-12(24-20(28)29-21(2,3)4)18-25-17-9-8-14(23)11-16(17)19(27)26(18)15-7-5-6-13(22)10-15/h5-12H,1-4H3,(H,24,28). The number of halogens is 2. The highest BCUT2D eigenvalue weighted by Crippen LogP contribution is 2.21. The van der Waals surface area contributed by atoms with Gasteiger partial charge in [0.25, 0.3) is 5.56 Å². The van der Waals surface area contributed by atoms with E-state index in [0.717, 1.165) is 6.07 Å². The zero-order valence-electron chi connectivity index (χ0n) is 16.5. The van der Waals surface area contributed by atoms with Crippen molar-refractivity contribution in [2.24, 2.45) is 0 Å². The van der Waals surface area contributed by atoms with E-state index >= 15 is 0 Å². The summed E-state index contributed by atoms with van der Waals surface area (Å²) in [4.78, 5) is 29.9. The highest BCUT2D eigenvalue weighted by atomic mass is 35.5. The lowest BCUT2D eigenvalue weighted by Crippen LogP contribution is -2.36. The van der Waals surface area contributed by atoms with Gasteiger partial charge in [0.1, 0.15) is 17.2 Å². The van der Waals surface area contributed by atoms with Crippen LogP contribution in [0.5, 0.6) is 0 Å². The number of hydrogen-bond acceptors (Lipinski definition) is 4. The third-order valence-corrected chi connectivity index (χ3v) is 4.28. The van der Waals surface area contributed by atoms with Crippen molar-refractivity contribution in [2.75, 3.05) is 0 Å². The number of benzene rings is 2. The normalized spacial score (nSPS) is 12.6. The number of amides is 1. The molecular weight excluding hydrogens is 397 g/mol. The highest BCUT2D eigenvalue weighted by Gasteiger charge is 2.23. The van der Waals surface area contributed by atoms with Gasteiger partial charge in [-0.1, -0.05) is 17.7 Å². The summed E-state index contributed by atoms with van der Waals surface area (Å²) in [5.74, 6) is -0.274. The van der Waals surface area contributed by atoms with Gasteiger partial charge in [0.05, 0.1) is 22.6 Å². The molecule has 0 aliphatic heterocycles. The largest absolute Gasteiger partial charge is 0.444 e. The molecule has 2 aromatic carbocycles. The molecule has 0 aliphatic carbocycles. The summed E-state index contributed by atoms with van der Waals surface area (Å²) >= 11 is 6.09. The fourth-order valence-corrected chi connectivity index (χ4v) is 3.06. The Kier molecular flexibility index (Phi) is 5.61. The van der Waals surface area contributed by atoms with Gasteiger partial charge in [0.2, 0.25) is 0 Å². The van der Waals surface area contributed by atoms with E-state index in [-0.39, 0.29) is 11.2 Å². The molecule has 0 saturated carbocycles. The second-order valence-corrected chi connectivity index (χ2v) is 8.06. The Labute approximate surface area is 172 Å². The molecule has 29 heavy (non-hydrogen) atoms. The number of rotatable bonds is 3. The summed E-state index contributed by atoms with van der Waals surface area (Å²) in [6.07, 6.45) is -0.643. The number of hydrogen-bond donors (Lipinski definition) is 1. The van der Waals surface area contributed by atoms with E-state index in [1.807, 2.05) is 0 Å². The third-order valence-electron chi connectivity index (χ3n) is 4.04. The maximum atomic E-state index is 13.7. The van der Waals surface area contributed by atoms with Crippen LogP contribution < -0.4 is 10.9 Å². The van der Waals surface area contributed by atoms with Gasteiger partial charge in [0.15, 0.2) is 0 Å². The summed E-state index contributed by atoms with van der Waals surface area (Å²) in [5, 5.41) is 3.24. The number of alkyl carbamates (subject to hydrolysis) is 1. The fraction of sp³-hybridized carbons (Fsp3) is 0.286. The summed E-state index contributed by atoms with van der Waals surface area (Å²) in [6.45, 7) is 6.94. The van der Waals surface area contributed by atoms with Crippen molar-refractivity contribution in [3.8, 4) is 5.69 Å². The zero-order chi connectivity index (χ0) is 21.3. The van der Waals surface area contributed by atoms with Crippen LogP contribution in [-0.2, 0) is 4.74 Å². The molecule has 6 nitrogen and oxygen atoms in total. The SMILES string of the molecule is CC(NC(=O)OC(C)(C)C)c1nc2ccc(F)cc2c(=O)n1-c1cccc(Cl)c1. The Morgan fingerprint density at radius 3 is 2.62 bits per heavy atom. The quantitative estimate of drug-likeness (QED) is 0.666. The van der Waals surface area contributed by atoms with Crippen LogP contribution in [0.1, 0.15) is 39.6 Å². The molecule has 1 unspecified atom stereocenters. The molecule has 0 saturated heterocycles. The van der Waals surface area contributed by atoms with Gasteiger partial charge in [-0.15, -0.1) is 0 Å². The number of aromatic nitrogens is 2. The van der Waals surface area contributed by atoms with Crippen LogP contribution in [0.2, 0.25) is 5.02 Å². The molecule has 0 fully saturated rings. The van der Waals surface area contributed by atoms with E-state index in [0.29, 0.717) is 16.2 Å². The third kappa shape index (κ3) is 4.74. The second kappa shape index (κ2) is 7.83. The van der Waals surface area contributed by atoms with Crippen LogP contribution in [0.25, 0.3) is 16.6 Å². The Morgan fingerprint density at radius 2 is 1.97 bits per heavy atom. The first kappa shape index (κ1) is 20.8. The van der Waals surface area contributed by atoms with Crippen LogP contribution in [0.3, 0.4) is 0 Å². The lowest BCUT2D eigenvalue weighted by molar-refractivity contribution is 0.0505. The topological polar surface area (TPSA) is 73.2 Å². The van der Waals surface area contributed by atoms with Crippen LogP contribution in [0, 0.1) is 5.82 Å². The van der Waals surface area contributed by atoms with E-state index in [1.165, 1.54) is 16.7 Å². The van der Waals surface area contributed by atoms with Crippen molar-refractivity contribution in [1.82, 2.24) is 14.9 Å². The predicted octanol–water partition coefficient (Wildman–Crippen LogP) is 4.76. The molecule has 1 N–H and O–H groups in total. The first-order valence-corrected chi connectivity index (χ1v) is 9.40. The molecule has 8 heteroatoms. The average molecular weight is 418 g/mol. The van der Waals surface area contributed by atoms with E-state index in [4.69, 9.17) is 16.3 Å². The van der Waals surface area contributed by atoms with Crippen molar-refractivity contribution in [1.29, 1.82) is 0 Å². The van der Waals surface area contributed by atoms with E-state index in [2.05, 4.69) is 10.3 Å². The highest BCUT2D eigenvalue weighted by molar-refractivity contribution is 6.30. The fourth-order valence-electron chi connectivity index (χ4n) is 2.88. The summed E-state index contributed by atoms with van der Waals surface area (Å²) in [6, 6.07) is 9.77. The maximum Gasteiger partial charge on any atom is 0.408 e. The molecule has 1 atom stereocenters. The first-order valence-electron chi connectivity index (χ1n) is 9.03. The van der Waals surface area contributed by atoms with Crippen molar-refractivity contribution in [3.05, 3.63) is 69.5 Å². The molecule has 1 heterocycles. The Balaban J connectivity index is 2.17. The van der Waals surface area contributed by atoms with E-state index in [9.17, 15) is 14.0 Å². The van der Waals surface area contributed by atoms with Gasteiger partial charge in [-0.2, -0.15) is 0 Å². The smallest absolute Gasteiger partial charge is 0.408 e. The number of fused-ring (bicyclic) bond motifs is 1. The van der Waals surface area contributed by atoms with Gasteiger partial charge < -0.3 is 10.1 Å². The predicted molar refractivity (Wildman–Crippen MR) is 110 cm³/mol. The van der Waals surface area contributed by atoms with Gasteiger partial charge in [0, 0.05) is 5.02 Å². The number of ether oxygens (including phenoxy) is 1. The van der Waals surface area contributed by atoms with Crippen molar-refractivity contribution >= 4 is 28.6 Å². The minimum atomic E-state index is -0.676. The second-order valence-electron chi connectivity index (χ2n) is 7.62. The molecule has 0 bridgehead atoms. The molecule has 0 aliphatic rings. The van der Waals surface area contributed by atoms with Crippen LogP contribution in [-0.4, -0.2) is 21.2 Å². The van der Waals surface area contributed by atoms with E-state index < -0.39 is 29.1 Å². The number of carbonyl (C=O) groups is 1. The molecule has 152 valence electrons. The molecule has 1 aromatic heterocycles. The minimum absolute atomic E-state index is 0.123. The van der Waals surface area contributed by atoms with Crippen molar-refractivity contribution < 1.29 is 13.9 Å². The van der Waals surface area contributed by atoms with Gasteiger partial charge in [-0.05, 0) is 64.1 Å². The van der Waals surface area contributed by atoms with Crippen molar-refractivity contribution in [3.63, 3.8) is 0 Å². The Bertz CT molecular complexity index is 1140. The molecule has 1 amide bonds. The Morgan fingerprint density at radius 1 is 1.24 bits per heavy atom. The zero-order valence-corrected chi connectivity index (χ0v) is 17.2. The summed E-state index contributed by atoms with van der Waals surface area (Å²) in [5.41, 5.74) is -0.369. The van der Waals surface area contributed by atoms with Gasteiger partial charge in [-0.25, -0.2) is 14.2 Å². The Hall–Kier alpha value is -2.93. The lowest BCUT2D eigenvalue weighted by Gasteiger charge is -2.23. The average Bonchev–Trinajstić information content (AvgIpc) is 2.60. The van der Waals surface area contributed by atoms with Crippen LogP contribution in [0.4, 0.5) is 9.18 Å². The van der Waals surface area contributed by atoms with Crippen LogP contribution >= 0.6 is 11.6 Å². The molecule has 0 radical (unpaired) electrons. The lowest BCUT2D eigenvalue weighted by atomic mass is 10.2. The number of nitrogens with one attached hydrogen (secondary N) is 1. The maximum absolute atomic E-state index is 13.7. The first-order chi connectivity index (χ1) is 13.5. The number of nitrogens with zero attached hydrogens (tertiary/aromatic N) is 2. The monoisotopic (exact) mass is 417 g/mol. The molecular formula is C21H21ClFN3O3. The van der Waals surface area contributed by atoms with E-state index in [1.54, 1.807) is 52.0 Å². The van der Waals surface area contributed by atoms with Gasteiger partial charge >= 0.3 is 6.09 Å².